The minimum Gasteiger partial charge on any atom is -0.494 e. The van der Waals surface area contributed by atoms with E-state index in [9.17, 15) is 0 Å². The molecule has 24 heavy (non-hydrogen) atoms. The second-order valence-corrected chi connectivity index (χ2v) is 7.43. The van der Waals surface area contributed by atoms with Gasteiger partial charge in [0.05, 0.1) is 18.8 Å². The SMILES string of the molecule is CCOc1ccc(Br)c([C@@H]2Nc3ccc(C)cc3[C@H]3OCC[C@H]32)c1. The van der Waals surface area contributed by atoms with Gasteiger partial charge in [-0.25, -0.2) is 0 Å². The molecular formula is C20H22BrNO2. The molecule has 2 heterocycles. The standard InChI is InChI=1S/C20H22BrNO2/c1-3-23-13-5-6-17(21)15(11-13)19-14-8-9-24-20(14)16-10-12(2)4-7-18(16)22-19/h4-7,10-11,14,19-20,22H,3,8-9H2,1-2H3/t14-,19+,20-/m0/s1. The number of rotatable bonds is 3. The van der Waals surface area contributed by atoms with Crippen molar-refractivity contribution in [3.8, 4) is 5.75 Å². The van der Waals surface area contributed by atoms with Gasteiger partial charge in [0.2, 0.25) is 0 Å². The van der Waals surface area contributed by atoms with Crippen LogP contribution in [-0.4, -0.2) is 13.2 Å². The number of aryl methyl sites for hydroxylation is 1. The Bertz CT molecular complexity index is 761. The summed E-state index contributed by atoms with van der Waals surface area (Å²) in [4.78, 5) is 0. The lowest BCUT2D eigenvalue weighted by atomic mass is 9.80. The normalized spacial score (nSPS) is 24.9. The van der Waals surface area contributed by atoms with Crippen molar-refractivity contribution in [1.82, 2.24) is 0 Å². The Balaban J connectivity index is 1.76. The molecule has 2 aromatic carbocycles. The molecule has 0 aromatic heterocycles. The molecule has 4 heteroatoms. The molecule has 0 amide bonds. The maximum atomic E-state index is 6.12. The van der Waals surface area contributed by atoms with Crippen molar-refractivity contribution in [1.29, 1.82) is 0 Å². The van der Waals surface area contributed by atoms with Crippen LogP contribution < -0.4 is 10.1 Å². The molecule has 0 saturated carbocycles. The van der Waals surface area contributed by atoms with Gasteiger partial charge in [-0.1, -0.05) is 33.6 Å². The lowest BCUT2D eigenvalue weighted by Gasteiger charge is -2.37. The Labute approximate surface area is 151 Å². The van der Waals surface area contributed by atoms with Crippen LogP contribution in [0.5, 0.6) is 5.75 Å². The fourth-order valence-corrected chi connectivity index (χ4v) is 4.41. The van der Waals surface area contributed by atoms with E-state index in [1.54, 1.807) is 0 Å². The number of nitrogens with one attached hydrogen (secondary N) is 1. The Morgan fingerprint density at radius 1 is 1.21 bits per heavy atom. The highest BCUT2D eigenvalue weighted by molar-refractivity contribution is 9.10. The molecule has 4 rings (SSSR count). The van der Waals surface area contributed by atoms with E-state index in [1.165, 1.54) is 22.4 Å². The molecule has 0 radical (unpaired) electrons. The van der Waals surface area contributed by atoms with Crippen LogP contribution in [0.4, 0.5) is 5.69 Å². The molecule has 2 aliphatic heterocycles. The van der Waals surface area contributed by atoms with Gasteiger partial charge in [-0.05, 0) is 50.1 Å². The zero-order valence-electron chi connectivity index (χ0n) is 14.0. The fourth-order valence-electron chi connectivity index (χ4n) is 3.92. The number of halogens is 1. The summed E-state index contributed by atoms with van der Waals surface area (Å²) in [6, 6.07) is 13.1. The van der Waals surface area contributed by atoms with Gasteiger partial charge < -0.3 is 14.8 Å². The van der Waals surface area contributed by atoms with Gasteiger partial charge in [0, 0.05) is 28.2 Å². The highest BCUT2D eigenvalue weighted by Gasteiger charge is 2.42. The maximum absolute atomic E-state index is 6.12. The lowest BCUT2D eigenvalue weighted by Crippen LogP contribution is -2.29. The van der Waals surface area contributed by atoms with Crippen molar-refractivity contribution in [2.45, 2.75) is 32.4 Å². The van der Waals surface area contributed by atoms with Crippen LogP contribution >= 0.6 is 15.9 Å². The Morgan fingerprint density at radius 3 is 2.92 bits per heavy atom. The van der Waals surface area contributed by atoms with E-state index >= 15 is 0 Å². The Kier molecular flexibility index (Phi) is 4.27. The van der Waals surface area contributed by atoms with Crippen LogP contribution in [0.3, 0.4) is 0 Å². The Morgan fingerprint density at radius 2 is 2.08 bits per heavy atom. The van der Waals surface area contributed by atoms with Gasteiger partial charge in [0.25, 0.3) is 0 Å². The van der Waals surface area contributed by atoms with Crippen molar-refractivity contribution in [3.63, 3.8) is 0 Å². The molecule has 1 saturated heterocycles. The van der Waals surface area contributed by atoms with Crippen LogP contribution in [0.1, 0.15) is 42.2 Å². The van der Waals surface area contributed by atoms with E-state index < -0.39 is 0 Å². The first-order chi connectivity index (χ1) is 11.7. The van der Waals surface area contributed by atoms with E-state index in [-0.39, 0.29) is 12.1 Å². The average molecular weight is 388 g/mol. The number of ether oxygens (including phenoxy) is 2. The second-order valence-electron chi connectivity index (χ2n) is 6.57. The predicted octanol–water partition coefficient (Wildman–Crippen LogP) is 5.40. The van der Waals surface area contributed by atoms with Crippen molar-refractivity contribution < 1.29 is 9.47 Å². The topological polar surface area (TPSA) is 30.5 Å². The fraction of sp³-hybridized carbons (Fsp3) is 0.400. The number of hydrogen-bond acceptors (Lipinski definition) is 3. The summed E-state index contributed by atoms with van der Waals surface area (Å²) in [6.45, 7) is 5.65. The third kappa shape index (κ3) is 2.72. The minimum absolute atomic E-state index is 0.175. The molecule has 1 N–H and O–H groups in total. The van der Waals surface area contributed by atoms with Gasteiger partial charge in [-0.15, -0.1) is 0 Å². The van der Waals surface area contributed by atoms with Gasteiger partial charge in [-0.3, -0.25) is 0 Å². The van der Waals surface area contributed by atoms with E-state index in [0.29, 0.717) is 12.5 Å². The molecular weight excluding hydrogens is 366 g/mol. The molecule has 0 unspecified atom stereocenters. The summed E-state index contributed by atoms with van der Waals surface area (Å²) >= 11 is 3.73. The van der Waals surface area contributed by atoms with E-state index in [1.807, 2.05) is 13.0 Å². The summed E-state index contributed by atoms with van der Waals surface area (Å²) in [5.74, 6) is 1.36. The van der Waals surface area contributed by atoms with E-state index in [0.717, 1.165) is 23.2 Å². The lowest BCUT2D eigenvalue weighted by molar-refractivity contribution is 0.0828. The predicted molar refractivity (Wildman–Crippen MR) is 99.7 cm³/mol. The number of fused-ring (bicyclic) bond motifs is 3. The molecule has 3 nitrogen and oxygen atoms in total. The maximum Gasteiger partial charge on any atom is 0.119 e. The Hall–Kier alpha value is -1.52. The molecule has 0 bridgehead atoms. The minimum atomic E-state index is 0.175. The van der Waals surface area contributed by atoms with Crippen LogP contribution in [-0.2, 0) is 4.74 Å². The monoisotopic (exact) mass is 387 g/mol. The molecule has 0 spiro atoms. The molecule has 3 atom stereocenters. The first kappa shape index (κ1) is 16.0. The van der Waals surface area contributed by atoms with Crippen LogP contribution in [0, 0.1) is 12.8 Å². The number of hydrogen-bond donors (Lipinski definition) is 1. The van der Waals surface area contributed by atoms with Gasteiger partial charge in [-0.2, -0.15) is 0 Å². The largest absolute Gasteiger partial charge is 0.494 e. The summed E-state index contributed by atoms with van der Waals surface area (Å²) in [5, 5.41) is 3.76. The first-order valence-electron chi connectivity index (χ1n) is 8.58. The first-order valence-corrected chi connectivity index (χ1v) is 9.37. The van der Waals surface area contributed by atoms with Crippen LogP contribution in [0.2, 0.25) is 0 Å². The molecule has 2 aliphatic rings. The zero-order chi connectivity index (χ0) is 16.7. The van der Waals surface area contributed by atoms with Gasteiger partial charge >= 0.3 is 0 Å². The zero-order valence-corrected chi connectivity index (χ0v) is 15.6. The highest BCUT2D eigenvalue weighted by atomic mass is 79.9. The smallest absolute Gasteiger partial charge is 0.119 e. The molecule has 1 fully saturated rings. The highest BCUT2D eigenvalue weighted by Crippen LogP contribution is 2.51. The van der Waals surface area contributed by atoms with E-state index in [4.69, 9.17) is 9.47 Å². The quantitative estimate of drug-likeness (QED) is 0.764. The number of benzene rings is 2. The van der Waals surface area contributed by atoms with Crippen molar-refractivity contribution in [3.05, 3.63) is 57.6 Å². The van der Waals surface area contributed by atoms with Gasteiger partial charge in [0.1, 0.15) is 5.75 Å². The molecule has 126 valence electrons. The molecule has 2 aromatic rings. The summed E-state index contributed by atoms with van der Waals surface area (Å²) < 4.78 is 12.9. The third-order valence-corrected chi connectivity index (χ3v) is 5.73. The van der Waals surface area contributed by atoms with Crippen molar-refractivity contribution >= 4 is 21.6 Å². The average Bonchev–Trinajstić information content (AvgIpc) is 3.06. The van der Waals surface area contributed by atoms with E-state index in [2.05, 4.69) is 58.5 Å². The van der Waals surface area contributed by atoms with Crippen molar-refractivity contribution in [2.24, 2.45) is 5.92 Å². The molecule has 0 aliphatic carbocycles. The number of anilines is 1. The summed E-state index contributed by atoms with van der Waals surface area (Å²) in [5.41, 5.74) is 5.00. The second kappa shape index (κ2) is 6.41. The van der Waals surface area contributed by atoms with Gasteiger partial charge in [0.15, 0.2) is 0 Å². The summed E-state index contributed by atoms with van der Waals surface area (Å²) in [6.07, 6.45) is 1.25. The van der Waals surface area contributed by atoms with Crippen LogP contribution in [0.15, 0.2) is 40.9 Å². The third-order valence-electron chi connectivity index (χ3n) is 5.00. The van der Waals surface area contributed by atoms with Crippen molar-refractivity contribution in [2.75, 3.05) is 18.5 Å². The van der Waals surface area contributed by atoms with Crippen LogP contribution in [0.25, 0.3) is 0 Å². The summed E-state index contributed by atoms with van der Waals surface area (Å²) in [7, 11) is 0.